The van der Waals surface area contributed by atoms with Crippen LogP contribution in [0.4, 0.5) is 0 Å². The molecule has 1 atom stereocenters. The molecule has 2 rings (SSSR count). The highest BCUT2D eigenvalue weighted by Gasteiger charge is 2.42. The summed E-state index contributed by atoms with van der Waals surface area (Å²) in [7, 11) is 0. The second kappa shape index (κ2) is 6.91. The molecule has 2 saturated carbocycles. The summed E-state index contributed by atoms with van der Waals surface area (Å²) in [6, 6.07) is 0. The Morgan fingerprint density at radius 1 is 1.00 bits per heavy atom. The van der Waals surface area contributed by atoms with E-state index in [2.05, 4.69) is 6.92 Å². The lowest BCUT2D eigenvalue weighted by molar-refractivity contribution is -0.151. The molecule has 2 fully saturated rings. The SMILES string of the molecule is CCOC1(C(O)C2CCCCC2)CCCCCC1. The Kier molecular flexibility index (Phi) is 5.50. The van der Waals surface area contributed by atoms with E-state index in [4.69, 9.17) is 4.74 Å². The van der Waals surface area contributed by atoms with Gasteiger partial charge < -0.3 is 9.84 Å². The maximum absolute atomic E-state index is 10.9. The van der Waals surface area contributed by atoms with Crippen LogP contribution < -0.4 is 0 Å². The van der Waals surface area contributed by atoms with E-state index in [0.29, 0.717) is 5.92 Å². The van der Waals surface area contributed by atoms with Gasteiger partial charge in [0.15, 0.2) is 0 Å². The van der Waals surface area contributed by atoms with Crippen LogP contribution in [0.15, 0.2) is 0 Å². The van der Waals surface area contributed by atoms with Crippen molar-refractivity contribution in [3.05, 3.63) is 0 Å². The predicted molar refractivity (Wildman–Crippen MR) is 74.6 cm³/mol. The number of rotatable bonds is 4. The summed E-state index contributed by atoms with van der Waals surface area (Å²) in [6.45, 7) is 2.81. The van der Waals surface area contributed by atoms with E-state index in [0.717, 1.165) is 19.4 Å². The van der Waals surface area contributed by atoms with Gasteiger partial charge in [-0.25, -0.2) is 0 Å². The second-order valence-corrected chi connectivity index (χ2v) is 6.25. The van der Waals surface area contributed by atoms with Crippen molar-refractivity contribution in [2.24, 2.45) is 5.92 Å². The highest BCUT2D eigenvalue weighted by molar-refractivity contribution is 4.94. The van der Waals surface area contributed by atoms with E-state index in [9.17, 15) is 5.11 Å². The minimum absolute atomic E-state index is 0.215. The van der Waals surface area contributed by atoms with Crippen LogP contribution in [0.2, 0.25) is 0 Å². The first-order chi connectivity index (χ1) is 8.78. The summed E-state index contributed by atoms with van der Waals surface area (Å²) in [5.74, 6) is 0.489. The zero-order chi connectivity index (χ0) is 12.8. The molecule has 1 N–H and O–H groups in total. The molecule has 2 nitrogen and oxygen atoms in total. The molecule has 0 amide bonds. The first kappa shape index (κ1) is 14.3. The minimum Gasteiger partial charge on any atom is -0.390 e. The molecule has 2 aliphatic rings. The smallest absolute Gasteiger partial charge is 0.0942 e. The molecule has 1 unspecified atom stereocenters. The van der Waals surface area contributed by atoms with Gasteiger partial charge in [0, 0.05) is 6.61 Å². The largest absolute Gasteiger partial charge is 0.390 e. The van der Waals surface area contributed by atoms with Gasteiger partial charge in [0.25, 0.3) is 0 Å². The number of hydrogen-bond acceptors (Lipinski definition) is 2. The maximum atomic E-state index is 10.9. The van der Waals surface area contributed by atoms with E-state index in [1.54, 1.807) is 0 Å². The fourth-order valence-corrected chi connectivity index (χ4v) is 4.02. The van der Waals surface area contributed by atoms with Crippen molar-refractivity contribution in [1.82, 2.24) is 0 Å². The van der Waals surface area contributed by atoms with E-state index in [-0.39, 0.29) is 11.7 Å². The van der Waals surface area contributed by atoms with Gasteiger partial charge in [-0.05, 0) is 38.5 Å². The average molecular weight is 254 g/mol. The minimum atomic E-state index is -0.226. The molecule has 18 heavy (non-hydrogen) atoms. The topological polar surface area (TPSA) is 29.5 Å². The molecular weight excluding hydrogens is 224 g/mol. The van der Waals surface area contributed by atoms with Crippen LogP contribution in [0.3, 0.4) is 0 Å². The lowest BCUT2D eigenvalue weighted by Crippen LogP contribution is -2.49. The van der Waals surface area contributed by atoms with E-state index >= 15 is 0 Å². The molecule has 0 aliphatic heterocycles. The van der Waals surface area contributed by atoms with Gasteiger partial charge in [-0.15, -0.1) is 0 Å². The van der Waals surface area contributed by atoms with Gasteiger partial charge in [0.05, 0.1) is 11.7 Å². The van der Waals surface area contributed by atoms with Gasteiger partial charge in [-0.3, -0.25) is 0 Å². The molecular formula is C16H30O2. The van der Waals surface area contributed by atoms with Crippen LogP contribution in [-0.2, 0) is 4.74 Å². The van der Waals surface area contributed by atoms with Crippen LogP contribution in [0, 0.1) is 5.92 Å². The molecule has 0 saturated heterocycles. The Morgan fingerprint density at radius 3 is 2.11 bits per heavy atom. The fourth-order valence-electron chi connectivity index (χ4n) is 4.02. The van der Waals surface area contributed by atoms with Crippen molar-refractivity contribution in [1.29, 1.82) is 0 Å². The zero-order valence-electron chi connectivity index (χ0n) is 12.0. The molecule has 0 aromatic carbocycles. The van der Waals surface area contributed by atoms with Crippen LogP contribution >= 0.6 is 0 Å². The Bertz CT molecular complexity index is 225. The predicted octanol–water partition coefficient (Wildman–Crippen LogP) is 4.06. The molecule has 0 radical (unpaired) electrons. The van der Waals surface area contributed by atoms with Crippen molar-refractivity contribution in [3.63, 3.8) is 0 Å². The van der Waals surface area contributed by atoms with E-state index < -0.39 is 0 Å². The molecule has 0 spiro atoms. The molecule has 0 aromatic rings. The molecule has 2 aliphatic carbocycles. The fraction of sp³-hybridized carbons (Fsp3) is 1.00. The number of ether oxygens (including phenoxy) is 1. The van der Waals surface area contributed by atoms with Gasteiger partial charge in [-0.2, -0.15) is 0 Å². The van der Waals surface area contributed by atoms with Crippen molar-refractivity contribution in [2.75, 3.05) is 6.61 Å². The summed E-state index contributed by atoms with van der Waals surface area (Å²) in [4.78, 5) is 0. The first-order valence-electron chi connectivity index (χ1n) is 8.10. The zero-order valence-corrected chi connectivity index (χ0v) is 12.0. The van der Waals surface area contributed by atoms with Crippen LogP contribution in [0.5, 0.6) is 0 Å². The molecule has 106 valence electrons. The summed E-state index contributed by atoms with van der Waals surface area (Å²) in [6.07, 6.45) is 13.3. The highest BCUT2D eigenvalue weighted by Crippen LogP contribution is 2.40. The Balaban J connectivity index is 2.05. The first-order valence-corrected chi connectivity index (χ1v) is 8.10. The van der Waals surface area contributed by atoms with Crippen molar-refractivity contribution < 1.29 is 9.84 Å². The second-order valence-electron chi connectivity index (χ2n) is 6.25. The van der Waals surface area contributed by atoms with Gasteiger partial charge in [-0.1, -0.05) is 44.9 Å². The summed E-state index contributed by atoms with van der Waals surface area (Å²) in [5, 5.41) is 10.9. The van der Waals surface area contributed by atoms with Crippen LogP contribution in [0.25, 0.3) is 0 Å². The monoisotopic (exact) mass is 254 g/mol. The van der Waals surface area contributed by atoms with Gasteiger partial charge >= 0.3 is 0 Å². The number of aliphatic hydroxyl groups excluding tert-OH is 1. The quantitative estimate of drug-likeness (QED) is 0.767. The third-order valence-corrected chi connectivity index (χ3v) is 5.02. The van der Waals surface area contributed by atoms with E-state index in [1.807, 2.05) is 0 Å². The summed E-state index contributed by atoms with van der Waals surface area (Å²) >= 11 is 0. The lowest BCUT2D eigenvalue weighted by atomic mass is 9.75. The van der Waals surface area contributed by atoms with Crippen LogP contribution in [0.1, 0.15) is 77.6 Å². The standard InChI is InChI=1S/C16H30O2/c1-2-18-16(12-8-3-4-9-13-16)15(17)14-10-6-5-7-11-14/h14-15,17H,2-13H2,1H3. The van der Waals surface area contributed by atoms with Crippen LogP contribution in [-0.4, -0.2) is 23.4 Å². The summed E-state index contributed by atoms with van der Waals surface area (Å²) in [5.41, 5.74) is -0.215. The molecule has 0 aromatic heterocycles. The number of aliphatic hydroxyl groups is 1. The van der Waals surface area contributed by atoms with Crippen molar-refractivity contribution in [3.8, 4) is 0 Å². The molecule has 2 heteroatoms. The normalized spacial score (nSPS) is 27.7. The van der Waals surface area contributed by atoms with Gasteiger partial charge in [0.2, 0.25) is 0 Å². The Labute approximate surface area is 112 Å². The third kappa shape index (κ3) is 3.27. The molecule has 0 heterocycles. The van der Waals surface area contributed by atoms with Crippen molar-refractivity contribution >= 4 is 0 Å². The van der Waals surface area contributed by atoms with E-state index in [1.165, 1.54) is 57.8 Å². The number of hydrogen-bond donors (Lipinski definition) is 1. The highest BCUT2D eigenvalue weighted by atomic mass is 16.5. The lowest BCUT2D eigenvalue weighted by Gasteiger charge is -2.42. The third-order valence-electron chi connectivity index (χ3n) is 5.02. The summed E-state index contributed by atoms with van der Waals surface area (Å²) < 4.78 is 6.12. The van der Waals surface area contributed by atoms with Crippen molar-refractivity contribution in [2.45, 2.75) is 89.3 Å². The maximum Gasteiger partial charge on any atom is 0.0942 e. The Hall–Kier alpha value is -0.0800. The van der Waals surface area contributed by atoms with Gasteiger partial charge in [0.1, 0.15) is 0 Å². The Morgan fingerprint density at radius 2 is 1.56 bits per heavy atom. The molecule has 0 bridgehead atoms. The average Bonchev–Trinajstić information content (AvgIpc) is 2.66.